The first-order valence-electron chi connectivity index (χ1n) is 8.92. The Kier molecular flexibility index (Phi) is 6.85. The molecule has 0 fully saturated rings. The number of benzene rings is 3. The molecule has 0 bridgehead atoms. The molecule has 0 heterocycles. The van der Waals surface area contributed by atoms with Crippen LogP contribution in [0.2, 0.25) is 0 Å². The summed E-state index contributed by atoms with van der Waals surface area (Å²) in [7, 11) is 0. The van der Waals surface area contributed by atoms with Gasteiger partial charge < -0.3 is 10.4 Å². The summed E-state index contributed by atoms with van der Waals surface area (Å²) in [6.45, 7) is 0.615. The second kappa shape index (κ2) is 9.53. The molecule has 0 amide bonds. The fourth-order valence-corrected chi connectivity index (χ4v) is 4.31. The first kappa shape index (κ1) is 20.1. The summed E-state index contributed by atoms with van der Waals surface area (Å²) in [6.07, 6.45) is 0. The van der Waals surface area contributed by atoms with Crippen molar-refractivity contribution in [3.05, 3.63) is 108 Å². The van der Waals surface area contributed by atoms with E-state index in [9.17, 15) is 9.90 Å². The molecule has 3 rings (SSSR count). The molecule has 0 atom stereocenters. The maximum absolute atomic E-state index is 12.5. The van der Waals surface area contributed by atoms with Crippen molar-refractivity contribution in [3.8, 4) is 0 Å². The van der Waals surface area contributed by atoms with Gasteiger partial charge in [-0.3, -0.25) is 4.79 Å². The van der Waals surface area contributed by atoms with Crippen LogP contribution in [0.15, 0.2) is 91.0 Å². The van der Waals surface area contributed by atoms with Crippen LogP contribution in [0.3, 0.4) is 0 Å². The van der Waals surface area contributed by atoms with Crippen molar-refractivity contribution in [1.29, 1.82) is 0 Å². The molecule has 0 unspecified atom stereocenters. The second-order valence-corrected chi connectivity index (χ2v) is 8.01. The standard InChI is InChI=1S/C23H21NO2S2/c25-21(26)23(19-12-6-2-7-13-19,20-14-8-3-9-15-20)17-28-22(27)24-16-18-10-4-1-5-11-18/h1-15H,16-17H2,(H,24,27)(H,25,26). The lowest BCUT2D eigenvalue weighted by atomic mass is 9.76. The molecule has 0 aliphatic heterocycles. The van der Waals surface area contributed by atoms with Crippen LogP contribution in [-0.2, 0) is 16.8 Å². The van der Waals surface area contributed by atoms with Crippen molar-refractivity contribution in [1.82, 2.24) is 5.32 Å². The van der Waals surface area contributed by atoms with E-state index in [1.54, 1.807) is 0 Å². The molecule has 3 nitrogen and oxygen atoms in total. The molecule has 0 saturated heterocycles. The Hall–Kier alpha value is -2.63. The zero-order valence-corrected chi connectivity index (χ0v) is 16.9. The first-order valence-corrected chi connectivity index (χ1v) is 10.3. The highest BCUT2D eigenvalue weighted by Crippen LogP contribution is 2.36. The lowest BCUT2D eigenvalue weighted by Gasteiger charge is -2.30. The number of rotatable bonds is 7. The van der Waals surface area contributed by atoms with Crippen LogP contribution in [0.1, 0.15) is 16.7 Å². The summed E-state index contributed by atoms with van der Waals surface area (Å²) in [5.74, 6) is -0.583. The van der Waals surface area contributed by atoms with E-state index in [0.717, 1.165) is 16.7 Å². The van der Waals surface area contributed by atoms with Gasteiger partial charge in [0, 0.05) is 12.3 Å². The Morgan fingerprint density at radius 2 is 1.32 bits per heavy atom. The minimum Gasteiger partial charge on any atom is -0.480 e. The quantitative estimate of drug-likeness (QED) is 0.548. The first-order chi connectivity index (χ1) is 13.6. The van der Waals surface area contributed by atoms with E-state index >= 15 is 0 Å². The van der Waals surface area contributed by atoms with Gasteiger partial charge in [0.15, 0.2) is 0 Å². The van der Waals surface area contributed by atoms with Gasteiger partial charge >= 0.3 is 5.97 Å². The lowest BCUT2D eigenvalue weighted by Crippen LogP contribution is -2.40. The molecule has 0 aliphatic carbocycles. The van der Waals surface area contributed by atoms with Crippen LogP contribution >= 0.6 is 24.0 Å². The Morgan fingerprint density at radius 1 is 0.857 bits per heavy atom. The van der Waals surface area contributed by atoms with Crippen LogP contribution < -0.4 is 5.32 Å². The summed E-state index contributed by atoms with van der Waals surface area (Å²) in [5.41, 5.74) is 1.44. The molecular weight excluding hydrogens is 386 g/mol. The monoisotopic (exact) mass is 407 g/mol. The second-order valence-electron chi connectivity index (χ2n) is 6.36. The summed E-state index contributed by atoms with van der Waals surface area (Å²) in [4.78, 5) is 12.5. The Morgan fingerprint density at radius 3 is 1.79 bits per heavy atom. The Bertz CT molecular complexity index is 876. The van der Waals surface area contributed by atoms with Crippen molar-refractivity contribution < 1.29 is 9.90 Å². The normalized spacial score (nSPS) is 11.0. The van der Waals surface area contributed by atoms with Crippen molar-refractivity contribution in [2.24, 2.45) is 0 Å². The van der Waals surface area contributed by atoms with E-state index in [2.05, 4.69) is 5.32 Å². The highest BCUT2D eigenvalue weighted by molar-refractivity contribution is 8.23. The summed E-state index contributed by atoms with van der Waals surface area (Å²) < 4.78 is 0.585. The maximum Gasteiger partial charge on any atom is 0.319 e. The number of aliphatic carboxylic acids is 1. The smallest absolute Gasteiger partial charge is 0.319 e. The van der Waals surface area contributed by atoms with Gasteiger partial charge in [-0.1, -0.05) is 115 Å². The van der Waals surface area contributed by atoms with Crippen molar-refractivity contribution in [2.75, 3.05) is 5.75 Å². The summed E-state index contributed by atoms with van der Waals surface area (Å²) in [5, 5.41) is 13.5. The van der Waals surface area contributed by atoms with Crippen molar-refractivity contribution in [2.45, 2.75) is 12.0 Å². The van der Waals surface area contributed by atoms with Gasteiger partial charge in [-0.15, -0.1) is 0 Å². The van der Waals surface area contributed by atoms with E-state index in [-0.39, 0.29) is 0 Å². The van der Waals surface area contributed by atoms with E-state index in [4.69, 9.17) is 12.2 Å². The number of hydrogen-bond acceptors (Lipinski definition) is 3. The van der Waals surface area contributed by atoms with Crippen molar-refractivity contribution in [3.63, 3.8) is 0 Å². The summed E-state index contributed by atoms with van der Waals surface area (Å²) in [6, 6.07) is 28.7. The third-order valence-corrected chi connectivity index (χ3v) is 6.08. The van der Waals surface area contributed by atoms with Gasteiger partial charge in [0.2, 0.25) is 0 Å². The number of carboxylic acid groups (broad SMARTS) is 1. The minimum atomic E-state index is -1.17. The Labute approximate surface area is 174 Å². The molecule has 0 saturated carbocycles. The van der Waals surface area contributed by atoms with Crippen LogP contribution in [0.4, 0.5) is 0 Å². The van der Waals surface area contributed by atoms with Gasteiger partial charge in [-0.05, 0) is 16.7 Å². The van der Waals surface area contributed by atoms with Crippen molar-refractivity contribution >= 4 is 34.3 Å². The lowest BCUT2D eigenvalue weighted by molar-refractivity contribution is -0.141. The van der Waals surface area contributed by atoms with Gasteiger partial charge in [-0.2, -0.15) is 0 Å². The SMILES string of the molecule is O=C(O)C(CSC(=S)NCc1ccccc1)(c1ccccc1)c1ccccc1. The van der Waals surface area contributed by atoms with Crippen LogP contribution in [-0.4, -0.2) is 21.1 Å². The average Bonchev–Trinajstić information content (AvgIpc) is 2.75. The van der Waals surface area contributed by atoms with Gasteiger partial charge in [0.05, 0.1) is 0 Å². The molecule has 0 radical (unpaired) electrons. The highest BCUT2D eigenvalue weighted by Gasteiger charge is 2.42. The van der Waals surface area contributed by atoms with Crippen LogP contribution in [0, 0.1) is 0 Å². The maximum atomic E-state index is 12.5. The van der Waals surface area contributed by atoms with Crippen LogP contribution in [0.5, 0.6) is 0 Å². The topological polar surface area (TPSA) is 49.3 Å². The highest BCUT2D eigenvalue weighted by atomic mass is 32.2. The molecule has 3 aromatic rings. The minimum absolute atomic E-state index is 0.303. The Balaban J connectivity index is 1.82. The molecule has 2 N–H and O–H groups in total. The molecular formula is C23H21NO2S2. The number of nitrogens with one attached hydrogen (secondary N) is 1. The number of carbonyl (C=O) groups is 1. The van der Waals surface area contributed by atoms with E-state index in [1.165, 1.54) is 11.8 Å². The zero-order chi connectivity index (χ0) is 19.8. The fraction of sp³-hybridized carbons (Fsp3) is 0.130. The van der Waals surface area contributed by atoms with Gasteiger partial charge in [-0.25, -0.2) is 0 Å². The fourth-order valence-electron chi connectivity index (χ4n) is 3.08. The number of carboxylic acids is 1. The van der Waals surface area contributed by atoms with E-state index < -0.39 is 11.4 Å². The number of thioether (sulfide) groups is 1. The predicted octanol–water partition coefficient (Wildman–Crippen LogP) is 4.87. The molecule has 28 heavy (non-hydrogen) atoms. The van der Waals surface area contributed by atoms with E-state index in [1.807, 2.05) is 91.0 Å². The molecule has 5 heteroatoms. The van der Waals surface area contributed by atoms with Gasteiger partial charge in [0.25, 0.3) is 0 Å². The average molecular weight is 408 g/mol. The zero-order valence-electron chi connectivity index (χ0n) is 15.2. The number of hydrogen-bond donors (Lipinski definition) is 2. The molecule has 3 aromatic carbocycles. The molecule has 0 spiro atoms. The molecule has 0 aromatic heterocycles. The third-order valence-electron chi connectivity index (χ3n) is 4.60. The van der Waals surface area contributed by atoms with E-state index in [0.29, 0.717) is 16.6 Å². The van der Waals surface area contributed by atoms with Gasteiger partial charge in [0.1, 0.15) is 9.74 Å². The van der Waals surface area contributed by atoms with Crippen LogP contribution in [0.25, 0.3) is 0 Å². The third kappa shape index (κ3) is 4.61. The number of thiocarbonyl (C=S) groups is 1. The molecule has 142 valence electrons. The summed E-state index contributed by atoms with van der Waals surface area (Å²) >= 11 is 6.83. The predicted molar refractivity (Wildman–Crippen MR) is 120 cm³/mol. The largest absolute Gasteiger partial charge is 0.480 e. The molecule has 0 aliphatic rings.